The molecule has 0 spiro atoms. The number of aromatic nitrogens is 3. The van der Waals surface area contributed by atoms with Crippen LogP contribution in [-0.2, 0) is 4.79 Å². The van der Waals surface area contributed by atoms with Crippen LogP contribution >= 0.6 is 23.4 Å². The first kappa shape index (κ1) is 25.1. The van der Waals surface area contributed by atoms with Crippen molar-refractivity contribution in [1.82, 2.24) is 20.2 Å². The number of hydrogen-bond donors (Lipinski definition) is 1. The van der Waals surface area contributed by atoms with Crippen molar-refractivity contribution in [2.45, 2.75) is 19.0 Å². The molecule has 182 valence electrons. The minimum absolute atomic E-state index is 0.0280. The highest BCUT2D eigenvalue weighted by Crippen LogP contribution is 2.28. The predicted octanol–water partition coefficient (Wildman–Crippen LogP) is 5.36. The summed E-state index contributed by atoms with van der Waals surface area (Å²) < 4.78 is 1.91. The fraction of sp³-hybridized carbons (Fsp3) is 0.120. The lowest BCUT2D eigenvalue weighted by Gasteiger charge is -2.11. The number of benzene rings is 3. The smallest absolute Gasteiger partial charge is 0.272 e. The Hall–Kier alpha value is -4.02. The van der Waals surface area contributed by atoms with Gasteiger partial charge in [0.05, 0.1) is 16.9 Å². The number of nitrogens with one attached hydrogen (secondary N) is 1. The van der Waals surface area contributed by atoms with Crippen LogP contribution in [0.4, 0.5) is 5.69 Å². The molecule has 0 bridgehead atoms. The second-order valence-corrected chi connectivity index (χ2v) is 9.24. The van der Waals surface area contributed by atoms with E-state index in [1.165, 1.54) is 30.1 Å². The van der Waals surface area contributed by atoms with Crippen LogP contribution in [0.25, 0.3) is 17.1 Å². The topological polar surface area (TPSA) is 115 Å². The molecular weight excluding hydrogens is 500 g/mol. The van der Waals surface area contributed by atoms with E-state index in [4.69, 9.17) is 11.6 Å². The molecule has 0 radical (unpaired) electrons. The van der Waals surface area contributed by atoms with Gasteiger partial charge in [0.25, 0.3) is 11.6 Å². The maximum atomic E-state index is 12.4. The summed E-state index contributed by atoms with van der Waals surface area (Å²) in [4.78, 5) is 22.9. The zero-order valence-corrected chi connectivity index (χ0v) is 21.0. The lowest BCUT2D eigenvalue weighted by Crippen LogP contribution is -2.20. The van der Waals surface area contributed by atoms with Gasteiger partial charge < -0.3 is 0 Å². The minimum atomic E-state index is -0.579. The molecule has 0 unspecified atom stereocenters. The van der Waals surface area contributed by atoms with Crippen molar-refractivity contribution in [2.24, 2.45) is 5.10 Å². The third-order valence-corrected chi connectivity index (χ3v) is 6.39. The number of thioether (sulfide) groups is 1. The molecule has 0 atom stereocenters. The Morgan fingerprint density at radius 2 is 1.75 bits per heavy atom. The molecular formula is C25H21ClN6O3S. The highest BCUT2D eigenvalue weighted by atomic mass is 35.5. The molecule has 4 rings (SSSR count). The van der Waals surface area contributed by atoms with E-state index >= 15 is 0 Å². The summed E-state index contributed by atoms with van der Waals surface area (Å²) in [5.74, 6) is 0.342. The van der Waals surface area contributed by atoms with Crippen molar-refractivity contribution in [3.63, 3.8) is 0 Å². The number of carbonyl (C=O) groups is 1. The van der Waals surface area contributed by atoms with Gasteiger partial charge in [0.2, 0.25) is 0 Å². The van der Waals surface area contributed by atoms with E-state index in [0.29, 0.717) is 16.5 Å². The fourth-order valence-corrected chi connectivity index (χ4v) is 4.20. The van der Waals surface area contributed by atoms with E-state index in [2.05, 4.69) is 20.7 Å². The van der Waals surface area contributed by atoms with Crippen molar-refractivity contribution >= 4 is 41.2 Å². The summed E-state index contributed by atoms with van der Waals surface area (Å²) in [6, 6.07) is 20.2. The molecule has 0 saturated carbocycles. The van der Waals surface area contributed by atoms with E-state index in [-0.39, 0.29) is 22.4 Å². The highest BCUT2D eigenvalue weighted by Gasteiger charge is 2.17. The molecule has 0 aliphatic rings. The van der Waals surface area contributed by atoms with Gasteiger partial charge in [-0.1, -0.05) is 77.0 Å². The number of hydrogen-bond acceptors (Lipinski definition) is 7. The summed E-state index contributed by atoms with van der Waals surface area (Å²) >= 11 is 7.04. The molecule has 0 saturated heterocycles. The first-order chi connectivity index (χ1) is 17.3. The van der Waals surface area contributed by atoms with E-state index in [0.717, 1.165) is 22.4 Å². The number of aryl methyl sites for hydroxylation is 2. The zero-order chi connectivity index (χ0) is 25.7. The molecule has 11 heteroatoms. The van der Waals surface area contributed by atoms with Crippen LogP contribution in [0.3, 0.4) is 0 Å². The van der Waals surface area contributed by atoms with Crippen molar-refractivity contribution in [3.05, 3.63) is 98.6 Å². The van der Waals surface area contributed by atoms with Crippen LogP contribution in [-0.4, -0.2) is 37.6 Å². The molecule has 3 aromatic carbocycles. The molecule has 4 aromatic rings. The Balaban J connectivity index is 1.49. The van der Waals surface area contributed by atoms with Gasteiger partial charge in [-0.05, 0) is 32.0 Å². The number of carbonyl (C=O) groups excluding carboxylic acids is 1. The Bertz CT molecular complexity index is 1440. The molecule has 1 aromatic heterocycles. The SMILES string of the molecule is Cc1ccc(-c2nnc(SCC(=O)NN=Cc3ccc(Cl)c([N+](=O)[O-])c3)n2-c2ccc(C)cc2)cc1. The first-order valence-electron chi connectivity index (χ1n) is 10.8. The van der Waals surface area contributed by atoms with Crippen LogP contribution in [0.2, 0.25) is 5.02 Å². The fourth-order valence-electron chi connectivity index (χ4n) is 3.27. The molecule has 1 N–H and O–H groups in total. The third kappa shape index (κ3) is 5.96. The van der Waals surface area contributed by atoms with Crippen LogP contribution in [0.15, 0.2) is 77.0 Å². The van der Waals surface area contributed by atoms with Gasteiger partial charge in [-0.15, -0.1) is 10.2 Å². The summed E-state index contributed by atoms with van der Waals surface area (Å²) in [7, 11) is 0. The van der Waals surface area contributed by atoms with Crippen LogP contribution in [0, 0.1) is 24.0 Å². The average Bonchev–Trinajstić information content (AvgIpc) is 3.28. The van der Waals surface area contributed by atoms with Gasteiger partial charge in [0.1, 0.15) is 5.02 Å². The molecule has 0 fully saturated rings. The number of nitro benzene ring substituents is 1. The summed E-state index contributed by atoms with van der Waals surface area (Å²) in [6.45, 7) is 4.03. The monoisotopic (exact) mass is 520 g/mol. The molecule has 1 heterocycles. The van der Waals surface area contributed by atoms with E-state index in [1.807, 2.05) is 66.9 Å². The van der Waals surface area contributed by atoms with E-state index in [1.54, 1.807) is 6.07 Å². The molecule has 0 aliphatic heterocycles. The summed E-state index contributed by atoms with van der Waals surface area (Å²) in [6.07, 6.45) is 1.32. The molecule has 1 amide bonds. The van der Waals surface area contributed by atoms with E-state index < -0.39 is 4.92 Å². The highest BCUT2D eigenvalue weighted by molar-refractivity contribution is 7.99. The van der Waals surface area contributed by atoms with Gasteiger partial charge in [0.15, 0.2) is 11.0 Å². The summed E-state index contributed by atoms with van der Waals surface area (Å²) in [5.41, 5.74) is 6.68. The van der Waals surface area contributed by atoms with Gasteiger partial charge in [-0.2, -0.15) is 5.10 Å². The molecule has 9 nitrogen and oxygen atoms in total. The molecule has 0 aliphatic carbocycles. The van der Waals surface area contributed by atoms with Crippen molar-refractivity contribution in [3.8, 4) is 17.1 Å². The Morgan fingerprint density at radius 3 is 2.42 bits per heavy atom. The Morgan fingerprint density at radius 1 is 1.08 bits per heavy atom. The lowest BCUT2D eigenvalue weighted by atomic mass is 10.1. The maximum absolute atomic E-state index is 12.4. The number of nitrogens with zero attached hydrogens (tertiary/aromatic N) is 5. The third-order valence-electron chi connectivity index (χ3n) is 5.14. The number of hydrazone groups is 1. The maximum Gasteiger partial charge on any atom is 0.288 e. The van der Waals surface area contributed by atoms with Crippen molar-refractivity contribution in [1.29, 1.82) is 0 Å². The normalized spacial score (nSPS) is 11.1. The quantitative estimate of drug-likeness (QED) is 0.145. The lowest BCUT2D eigenvalue weighted by molar-refractivity contribution is -0.384. The molecule has 36 heavy (non-hydrogen) atoms. The van der Waals surface area contributed by atoms with Gasteiger partial charge in [-0.3, -0.25) is 19.5 Å². The van der Waals surface area contributed by atoms with Crippen LogP contribution in [0.5, 0.6) is 0 Å². The van der Waals surface area contributed by atoms with E-state index in [9.17, 15) is 14.9 Å². The van der Waals surface area contributed by atoms with Crippen LogP contribution in [0.1, 0.15) is 16.7 Å². The second kappa shape index (κ2) is 11.1. The second-order valence-electron chi connectivity index (χ2n) is 7.89. The number of nitro groups is 1. The number of rotatable bonds is 8. The number of amides is 1. The van der Waals surface area contributed by atoms with Gasteiger partial charge in [0, 0.05) is 22.9 Å². The van der Waals surface area contributed by atoms with Crippen LogP contribution < -0.4 is 5.43 Å². The summed E-state index contributed by atoms with van der Waals surface area (Å²) in [5, 5.41) is 24.2. The van der Waals surface area contributed by atoms with Crippen molar-refractivity contribution in [2.75, 3.05) is 5.75 Å². The van der Waals surface area contributed by atoms with Crippen molar-refractivity contribution < 1.29 is 9.72 Å². The Kier molecular flexibility index (Phi) is 7.77. The largest absolute Gasteiger partial charge is 0.288 e. The zero-order valence-electron chi connectivity index (χ0n) is 19.4. The predicted molar refractivity (Wildman–Crippen MR) is 141 cm³/mol. The standard InChI is InChI=1S/C25H21ClN6O3S/c1-16-3-8-19(9-4-16)24-29-30-25(31(24)20-10-5-17(2)6-11-20)36-15-23(33)28-27-14-18-7-12-21(26)22(13-18)32(34)35/h3-14H,15H2,1-2H3,(H,28,33). The Labute approximate surface area is 216 Å². The average molecular weight is 521 g/mol. The minimum Gasteiger partial charge on any atom is -0.272 e. The first-order valence-corrected chi connectivity index (χ1v) is 12.2. The van der Waals surface area contributed by atoms with Gasteiger partial charge in [-0.25, -0.2) is 5.43 Å². The number of halogens is 1. The van der Waals surface area contributed by atoms with Gasteiger partial charge >= 0.3 is 0 Å².